The van der Waals surface area contributed by atoms with E-state index in [0.717, 1.165) is 30.4 Å². The number of nitrogens with two attached hydrogens (primary N) is 1. The first-order valence-corrected chi connectivity index (χ1v) is 6.97. The van der Waals surface area contributed by atoms with E-state index in [4.69, 9.17) is 5.73 Å². The number of ketones is 1. The third kappa shape index (κ3) is 3.20. The van der Waals surface area contributed by atoms with Gasteiger partial charge in [0.25, 0.3) is 0 Å². The van der Waals surface area contributed by atoms with Crippen LogP contribution in [0.2, 0.25) is 0 Å². The Balaban J connectivity index is 0.00000200. The number of benzene rings is 1. The van der Waals surface area contributed by atoms with Gasteiger partial charge in [0.2, 0.25) is 0 Å². The highest BCUT2D eigenvalue weighted by molar-refractivity contribution is 5.78. The van der Waals surface area contributed by atoms with Gasteiger partial charge in [0.1, 0.15) is 17.6 Å². The van der Waals surface area contributed by atoms with E-state index in [2.05, 4.69) is 17.6 Å². The Hall–Kier alpha value is -1.36. The summed E-state index contributed by atoms with van der Waals surface area (Å²) >= 11 is 0. The lowest BCUT2D eigenvalue weighted by atomic mass is 10.3. The summed E-state index contributed by atoms with van der Waals surface area (Å²) in [6.45, 7) is 5.31. The maximum absolute atomic E-state index is 11.7. The number of Topliss-reactive ketones (excluding diaryl/α,β-unsaturated/α-hetero) is 1. The van der Waals surface area contributed by atoms with Gasteiger partial charge in [-0.1, -0.05) is 32.4 Å². The second-order valence-electron chi connectivity index (χ2n) is 4.83. The summed E-state index contributed by atoms with van der Waals surface area (Å²) in [5.74, 6) is 0.881. The van der Waals surface area contributed by atoms with Gasteiger partial charge in [-0.25, -0.2) is 9.13 Å². The van der Waals surface area contributed by atoms with Gasteiger partial charge >= 0.3 is 5.95 Å². The van der Waals surface area contributed by atoms with Crippen molar-refractivity contribution in [1.29, 1.82) is 0 Å². The topological polar surface area (TPSA) is 51.9 Å². The average molecular weight is 340 g/mol. The van der Waals surface area contributed by atoms with Crippen LogP contribution < -0.4 is 27.3 Å². The standard InChI is InChI=1S/C15H21N3O.BrH/c1-3-5-10-17-13-8-6-7-9-14(13)18(15(17)16)11-12(19)4-2;/h6-9,16H,3-5,10-11H2,1-2H3;1H. The minimum absolute atomic E-state index is 0. The first kappa shape index (κ1) is 16.7. The molecule has 1 aromatic heterocycles. The molecule has 0 aliphatic heterocycles. The van der Waals surface area contributed by atoms with Crippen molar-refractivity contribution >= 4 is 22.8 Å². The molecule has 0 spiro atoms. The molecule has 0 saturated heterocycles. The van der Waals surface area contributed by atoms with Crippen molar-refractivity contribution < 1.29 is 26.3 Å². The van der Waals surface area contributed by atoms with E-state index in [-0.39, 0.29) is 22.8 Å². The maximum Gasteiger partial charge on any atom is 0.356 e. The first-order valence-electron chi connectivity index (χ1n) is 6.97. The largest absolute Gasteiger partial charge is 1.00 e. The number of hydrogen-bond acceptors (Lipinski definition) is 2. The highest BCUT2D eigenvalue weighted by Crippen LogP contribution is 2.16. The van der Waals surface area contributed by atoms with Crippen LogP contribution in [0.25, 0.3) is 11.0 Å². The van der Waals surface area contributed by atoms with Crippen LogP contribution >= 0.6 is 0 Å². The van der Waals surface area contributed by atoms with Crippen molar-refractivity contribution in [2.45, 2.75) is 46.2 Å². The molecule has 0 aliphatic rings. The molecule has 2 rings (SSSR count). The van der Waals surface area contributed by atoms with E-state index in [9.17, 15) is 4.79 Å². The fraction of sp³-hybridized carbons (Fsp3) is 0.467. The normalized spacial score (nSPS) is 10.5. The van der Waals surface area contributed by atoms with E-state index in [1.165, 1.54) is 0 Å². The lowest BCUT2D eigenvalue weighted by molar-refractivity contribution is -0.644. The molecule has 1 aromatic carbocycles. The Morgan fingerprint density at radius 1 is 1.30 bits per heavy atom. The lowest BCUT2D eigenvalue weighted by Crippen LogP contribution is -3.00. The lowest BCUT2D eigenvalue weighted by Gasteiger charge is -2.00. The molecule has 0 unspecified atom stereocenters. The maximum atomic E-state index is 11.7. The molecule has 0 radical (unpaired) electrons. The number of halogens is 1. The zero-order chi connectivity index (χ0) is 13.8. The highest BCUT2D eigenvalue weighted by Gasteiger charge is 2.21. The Bertz CT molecular complexity index is 592. The predicted octanol–water partition coefficient (Wildman–Crippen LogP) is -0.706. The van der Waals surface area contributed by atoms with E-state index in [1.54, 1.807) is 0 Å². The third-order valence-electron chi connectivity index (χ3n) is 3.48. The van der Waals surface area contributed by atoms with E-state index in [0.29, 0.717) is 18.9 Å². The zero-order valence-corrected chi connectivity index (χ0v) is 13.7. The van der Waals surface area contributed by atoms with Crippen LogP contribution in [0.15, 0.2) is 24.3 Å². The molecule has 1 heterocycles. The number of anilines is 1. The summed E-state index contributed by atoms with van der Waals surface area (Å²) in [6.07, 6.45) is 2.76. The number of imidazole rings is 1. The van der Waals surface area contributed by atoms with Crippen LogP contribution in [-0.4, -0.2) is 10.4 Å². The van der Waals surface area contributed by atoms with E-state index >= 15 is 0 Å². The monoisotopic (exact) mass is 339 g/mol. The van der Waals surface area contributed by atoms with Gasteiger partial charge in [0.15, 0.2) is 5.78 Å². The van der Waals surface area contributed by atoms with Crippen molar-refractivity contribution in [1.82, 2.24) is 4.57 Å². The third-order valence-corrected chi connectivity index (χ3v) is 3.48. The molecule has 0 saturated carbocycles. The van der Waals surface area contributed by atoms with Crippen LogP contribution in [0.5, 0.6) is 0 Å². The molecule has 5 heteroatoms. The fourth-order valence-electron chi connectivity index (χ4n) is 2.32. The Kier molecular flexibility index (Phi) is 6.20. The van der Waals surface area contributed by atoms with Gasteiger partial charge in [0, 0.05) is 6.42 Å². The number of nitrogen functional groups attached to an aromatic ring is 1. The van der Waals surface area contributed by atoms with Gasteiger partial charge in [0.05, 0.1) is 6.54 Å². The highest BCUT2D eigenvalue weighted by atomic mass is 79.9. The van der Waals surface area contributed by atoms with Crippen LogP contribution in [0, 0.1) is 0 Å². The summed E-state index contributed by atoms with van der Waals surface area (Å²) in [6, 6.07) is 8.08. The molecule has 2 N–H and O–H groups in total. The second kappa shape index (κ2) is 7.43. The number of aromatic nitrogens is 2. The fourth-order valence-corrected chi connectivity index (χ4v) is 2.32. The number of aryl methyl sites for hydroxylation is 1. The van der Waals surface area contributed by atoms with Crippen molar-refractivity contribution in [2.24, 2.45) is 0 Å². The Morgan fingerprint density at radius 2 is 2.00 bits per heavy atom. The second-order valence-corrected chi connectivity index (χ2v) is 4.83. The molecule has 0 fully saturated rings. The Labute approximate surface area is 130 Å². The number of para-hydroxylation sites is 2. The van der Waals surface area contributed by atoms with E-state index in [1.807, 2.05) is 29.7 Å². The van der Waals surface area contributed by atoms with Gasteiger partial charge in [-0.05, 0) is 18.6 Å². The van der Waals surface area contributed by atoms with Gasteiger partial charge in [-0.2, -0.15) is 0 Å². The summed E-state index contributed by atoms with van der Waals surface area (Å²) in [4.78, 5) is 11.7. The number of hydrogen-bond donors (Lipinski definition) is 1. The molecular formula is C15H22BrN3O. The molecule has 0 aliphatic carbocycles. The zero-order valence-electron chi connectivity index (χ0n) is 12.1. The van der Waals surface area contributed by atoms with Crippen LogP contribution in [0.4, 0.5) is 5.95 Å². The first-order chi connectivity index (χ1) is 9.19. The minimum Gasteiger partial charge on any atom is -1.00 e. The van der Waals surface area contributed by atoms with Crippen molar-refractivity contribution in [3.05, 3.63) is 24.3 Å². The number of fused-ring (bicyclic) bond motifs is 1. The molecule has 0 amide bonds. The Morgan fingerprint density at radius 3 is 2.65 bits per heavy atom. The molecule has 110 valence electrons. The van der Waals surface area contributed by atoms with Crippen molar-refractivity contribution in [2.75, 3.05) is 5.73 Å². The molecule has 20 heavy (non-hydrogen) atoms. The van der Waals surface area contributed by atoms with Gasteiger partial charge < -0.3 is 17.0 Å². The average Bonchev–Trinajstić information content (AvgIpc) is 2.70. The van der Waals surface area contributed by atoms with E-state index < -0.39 is 0 Å². The molecular weight excluding hydrogens is 318 g/mol. The number of carbonyl (C=O) groups excluding carboxylic acids is 1. The molecule has 0 bridgehead atoms. The molecule has 0 atom stereocenters. The predicted molar refractivity (Wildman–Crippen MR) is 76.8 cm³/mol. The van der Waals surface area contributed by atoms with Crippen LogP contribution in [-0.2, 0) is 17.9 Å². The number of unbranched alkanes of at least 4 members (excludes halogenated alkanes) is 1. The minimum atomic E-state index is 0. The smallest absolute Gasteiger partial charge is 0.356 e. The summed E-state index contributed by atoms with van der Waals surface area (Å²) in [5.41, 5.74) is 8.38. The van der Waals surface area contributed by atoms with Crippen LogP contribution in [0.1, 0.15) is 33.1 Å². The quantitative estimate of drug-likeness (QED) is 0.707. The van der Waals surface area contributed by atoms with Crippen molar-refractivity contribution in [3.8, 4) is 0 Å². The van der Waals surface area contributed by atoms with Gasteiger partial charge in [-0.15, -0.1) is 0 Å². The summed E-state index contributed by atoms with van der Waals surface area (Å²) in [5, 5.41) is 0. The number of nitrogens with zero attached hydrogens (tertiary/aromatic N) is 2. The van der Waals surface area contributed by atoms with Crippen LogP contribution in [0.3, 0.4) is 0 Å². The molecule has 2 aromatic rings. The van der Waals surface area contributed by atoms with Crippen molar-refractivity contribution in [3.63, 3.8) is 0 Å². The SMILES string of the molecule is CCCCn1c(N)[n+](CC(=O)CC)c2ccccc21.[Br-]. The molecule has 4 nitrogen and oxygen atoms in total. The van der Waals surface area contributed by atoms with Gasteiger partial charge in [-0.3, -0.25) is 10.5 Å². The summed E-state index contributed by atoms with van der Waals surface area (Å²) < 4.78 is 4.04. The number of rotatable bonds is 6. The number of carbonyl (C=O) groups is 1. The summed E-state index contributed by atoms with van der Waals surface area (Å²) in [7, 11) is 0.